The number of aromatic hydroxyl groups is 1. The predicted molar refractivity (Wildman–Crippen MR) is 155 cm³/mol. The van der Waals surface area contributed by atoms with E-state index in [2.05, 4.69) is 42.2 Å². The van der Waals surface area contributed by atoms with Crippen molar-refractivity contribution < 1.29 is 14.6 Å². The molecule has 0 saturated heterocycles. The number of para-hydroxylation sites is 1. The summed E-state index contributed by atoms with van der Waals surface area (Å²) in [7, 11) is 1.57. The molecule has 0 radical (unpaired) electrons. The van der Waals surface area contributed by atoms with Gasteiger partial charge in [0.1, 0.15) is 11.5 Å². The van der Waals surface area contributed by atoms with Crippen molar-refractivity contribution in [2.75, 3.05) is 12.4 Å². The predicted octanol–water partition coefficient (Wildman–Crippen LogP) is 5.11. The fraction of sp³-hybridized carbons (Fsp3) is 0.107. The molecule has 0 fully saturated rings. The van der Waals surface area contributed by atoms with E-state index in [1.54, 1.807) is 48.9 Å². The molecule has 0 unspecified atom stereocenters. The van der Waals surface area contributed by atoms with Gasteiger partial charge in [0.2, 0.25) is 0 Å². The Morgan fingerprint density at radius 3 is 2.50 bits per heavy atom. The molecule has 5 rings (SSSR count). The number of methoxy groups -OCH3 is 1. The first-order valence-electron chi connectivity index (χ1n) is 11.5. The first-order valence-corrected chi connectivity index (χ1v) is 13.9. The summed E-state index contributed by atoms with van der Waals surface area (Å²) >= 11 is 7.91. The highest BCUT2D eigenvalue weighted by atomic mass is 79.9. The van der Waals surface area contributed by atoms with Crippen LogP contribution in [-0.2, 0) is 4.79 Å². The molecule has 2 heterocycles. The summed E-state index contributed by atoms with van der Waals surface area (Å²) < 4.78 is 8.43. The van der Waals surface area contributed by atoms with Crippen molar-refractivity contribution >= 4 is 60.9 Å². The minimum absolute atomic E-state index is 0.0753. The molecule has 1 amide bonds. The van der Waals surface area contributed by atoms with Gasteiger partial charge in [0.15, 0.2) is 4.80 Å². The van der Waals surface area contributed by atoms with Gasteiger partial charge in [-0.25, -0.2) is 4.99 Å². The zero-order chi connectivity index (χ0) is 27.0. The lowest BCUT2D eigenvalue weighted by Crippen LogP contribution is -2.40. The molecular weight excluding hydrogens is 634 g/mol. The van der Waals surface area contributed by atoms with Crippen LogP contribution in [0.4, 0.5) is 5.69 Å². The second-order valence-electron chi connectivity index (χ2n) is 8.51. The highest BCUT2D eigenvalue weighted by Gasteiger charge is 2.32. The Kier molecular flexibility index (Phi) is 7.38. The molecule has 7 nitrogen and oxygen atoms in total. The lowest BCUT2D eigenvalue weighted by molar-refractivity contribution is -0.113. The lowest BCUT2D eigenvalue weighted by atomic mass is 9.95. The molecule has 10 heteroatoms. The number of allylic oxidation sites excluding steroid dienone is 1. The third-order valence-electron chi connectivity index (χ3n) is 6.04. The molecule has 0 bridgehead atoms. The number of benzene rings is 3. The number of thiazole rings is 1. The van der Waals surface area contributed by atoms with Gasteiger partial charge in [-0.1, -0.05) is 41.7 Å². The largest absolute Gasteiger partial charge is 0.506 e. The van der Waals surface area contributed by atoms with E-state index in [9.17, 15) is 14.7 Å². The molecule has 0 spiro atoms. The number of fused-ring (bicyclic) bond motifs is 1. The first kappa shape index (κ1) is 26.1. The molecule has 1 aromatic heterocycles. The van der Waals surface area contributed by atoms with E-state index in [4.69, 9.17) is 4.74 Å². The fourth-order valence-electron chi connectivity index (χ4n) is 4.28. The van der Waals surface area contributed by atoms with Crippen LogP contribution in [0.15, 0.2) is 96.7 Å². The van der Waals surface area contributed by atoms with Crippen molar-refractivity contribution in [2.24, 2.45) is 4.99 Å². The van der Waals surface area contributed by atoms with Crippen LogP contribution in [0.1, 0.15) is 24.1 Å². The van der Waals surface area contributed by atoms with Crippen LogP contribution in [0, 0.1) is 0 Å². The number of amides is 1. The minimum Gasteiger partial charge on any atom is -0.506 e. The maximum Gasteiger partial charge on any atom is 0.271 e. The number of anilines is 1. The first-order chi connectivity index (χ1) is 18.3. The van der Waals surface area contributed by atoms with Crippen molar-refractivity contribution in [1.82, 2.24) is 4.57 Å². The van der Waals surface area contributed by atoms with E-state index in [0.717, 1.165) is 5.56 Å². The smallest absolute Gasteiger partial charge is 0.271 e. The molecule has 1 aliphatic rings. The summed E-state index contributed by atoms with van der Waals surface area (Å²) in [6, 6.07) is 19.2. The third kappa shape index (κ3) is 4.99. The van der Waals surface area contributed by atoms with Gasteiger partial charge >= 0.3 is 0 Å². The number of rotatable bonds is 5. The number of nitrogens with zero attached hydrogens (tertiary/aromatic N) is 2. The number of hydrogen-bond donors (Lipinski definition) is 2. The monoisotopic (exact) mass is 653 g/mol. The van der Waals surface area contributed by atoms with Crippen LogP contribution in [-0.4, -0.2) is 22.7 Å². The van der Waals surface area contributed by atoms with Gasteiger partial charge in [-0.05, 0) is 92.4 Å². The Balaban J connectivity index is 1.70. The summed E-state index contributed by atoms with van der Waals surface area (Å²) in [5.41, 5.74) is 2.69. The quantitative estimate of drug-likeness (QED) is 0.313. The zero-order valence-electron chi connectivity index (χ0n) is 20.2. The van der Waals surface area contributed by atoms with Crippen LogP contribution >= 0.6 is 43.2 Å². The number of carbonyl (C=O) groups is 1. The normalized spacial score (nSPS) is 15.2. The number of phenolic OH excluding ortho intramolecular Hbond substituents is 1. The maximum absolute atomic E-state index is 13.8. The van der Waals surface area contributed by atoms with Crippen LogP contribution in [0.3, 0.4) is 0 Å². The molecule has 0 saturated carbocycles. The SMILES string of the molecule is COc1cccc([C@@H]2C(C(=O)Nc3ccccc3)=C(C)N=c3s/c(=C\c4cc(Br)c(O)c(Br)c4)c(=O)n32)c1. The van der Waals surface area contributed by atoms with Crippen molar-refractivity contribution in [2.45, 2.75) is 13.0 Å². The van der Waals surface area contributed by atoms with E-state index < -0.39 is 6.04 Å². The highest BCUT2D eigenvalue weighted by molar-refractivity contribution is 9.11. The molecule has 38 heavy (non-hydrogen) atoms. The molecule has 2 N–H and O–H groups in total. The van der Waals surface area contributed by atoms with Gasteiger partial charge in [-0.2, -0.15) is 0 Å². The number of carbonyl (C=O) groups excluding carboxylic acids is 1. The summed E-state index contributed by atoms with van der Waals surface area (Å²) in [4.78, 5) is 32.6. The van der Waals surface area contributed by atoms with Gasteiger partial charge < -0.3 is 15.2 Å². The molecule has 4 aromatic rings. The molecule has 0 aliphatic carbocycles. The van der Waals surface area contributed by atoms with E-state index in [1.807, 2.05) is 42.5 Å². The number of nitrogens with one attached hydrogen (secondary N) is 1. The van der Waals surface area contributed by atoms with Crippen LogP contribution in [0.5, 0.6) is 11.5 Å². The van der Waals surface area contributed by atoms with Gasteiger partial charge in [0, 0.05) is 5.69 Å². The number of halogens is 2. The second-order valence-corrected chi connectivity index (χ2v) is 11.2. The average molecular weight is 655 g/mol. The summed E-state index contributed by atoms with van der Waals surface area (Å²) in [5.74, 6) is 0.346. The van der Waals surface area contributed by atoms with Gasteiger partial charge in [-0.3, -0.25) is 14.2 Å². The van der Waals surface area contributed by atoms with Crippen molar-refractivity contribution in [3.05, 3.63) is 118 Å². The number of hydrogen-bond acceptors (Lipinski definition) is 6. The van der Waals surface area contributed by atoms with E-state index in [0.29, 0.717) is 46.5 Å². The van der Waals surface area contributed by atoms with Crippen molar-refractivity contribution in [3.8, 4) is 11.5 Å². The standard InChI is InChI=1S/C28H21Br2N3O4S/c1-15-23(26(35)32-18-8-4-3-5-9-18)24(17-7-6-10-19(14-17)37-2)33-27(36)22(38-28(33)31-15)13-16-11-20(29)25(34)21(30)12-16/h3-14,24,34H,1-2H3,(H,32,35)/b22-13-/t24-/m1/s1. The Bertz CT molecular complexity index is 1750. The molecule has 192 valence electrons. The van der Waals surface area contributed by atoms with Crippen molar-refractivity contribution in [1.29, 1.82) is 0 Å². The molecular formula is C28H21Br2N3O4S. The third-order valence-corrected chi connectivity index (χ3v) is 8.24. The van der Waals surface area contributed by atoms with E-state index in [-0.39, 0.29) is 17.2 Å². The molecule has 1 aliphatic heterocycles. The van der Waals surface area contributed by atoms with Crippen molar-refractivity contribution in [3.63, 3.8) is 0 Å². The topological polar surface area (TPSA) is 92.9 Å². The number of ether oxygens (including phenoxy) is 1. The van der Waals surface area contributed by atoms with Gasteiger partial charge in [0.05, 0.1) is 37.9 Å². The van der Waals surface area contributed by atoms with E-state index >= 15 is 0 Å². The fourth-order valence-corrected chi connectivity index (χ4v) is 6.55. The minimum atomic E-state index is -0.717. The van der Waals surface area contributed by atoms with E-state index in [1.165, 1.54) is 11.3 Å². The number of phenols is 1. The van der Waals surface area contributed by atoms with Crippen LogP contribution < -0.4 is 24.9 Å². The van der Waals surface area contributed by atoms with Crippen LogP contribution in [0.2, 0.25) is 0 Å². The molecule has 1 atom stereocenters. The lowest BCUT2D eigenvalue weighted by Gasteiger charge is -2.25. The Morgan fingerprint density at radius 1 is 1.11 bits per heavy atom. The zero-order valence-corrected chi connectivity index (χ0v) is 24.2. The average Bonchev–Trinajstić information content (AvgIpc) is 3.20. The van der Waals surface area contributed by atoms with Crippen LogP contribution in [0.25, 0.3) is 6.08 Å². The maximum atomic E-state index is 13.8. The summed E-state index contributed by atoms with van der Waals surface area (Å²) in [6.07, 6.45) is 1.74. The number of aromatic nitrogens is 1. The van der Waals surface area contributed by atoms with Gasteiger partial charge in [-0.15, -0.1) is 0 Å². The summed E-state index contributed by atoms with van der Waals surface area (Å²) in [6.45, 7) is 1.78. The van der Waals surface area contributed by atoms with Gasteiger partial charge in [0.25, 0.3) is 11.5 Å². The molecule has 3 aromatic carbocycles. The Morgan fingerprint density at radius 2 is 1.82 bits per heavy atom. The summed E-state index contributed by atoms with van der Waals surface area (Å²) in [5, 5.41) is 13.0. The Hall–Kier alpha value is -3.47. The highest BCUT2D eigenvalue weighted by Crippen LogP contribution is 2.34. The Labute approximate surface area is 238 Å². The second kappa shape index (κ2) is 10.7.